The smallest absolute Gasteiger partial charge is 0.344 e. The Balaban J connectivity index is 2.02. The summed E-state index contributed by atoms with van der Waals surface area (Å²) in [6, 6.07) is 1.52. The van der Waals surface area contributed by atoms with Crippen molar-refractivity contribution in [1.82, 2.24) is 19.6 Å². The maximum Gasteiger partial charge on any atom is 0.344 e. The summed E-state index contributed by atoms with van der Waals surface area (Å²) in [7, 11) is 2.05. The molecule has 1 aromatic rings. The number of hydrogen-bond acceptors (Lipinski definition) is 4. The van der Waals surface area contributed by atoms with E-state index in [2.05, 4.69) is 10.00 Å². The van der Waals surface area contributed by atoms with Gasteiger partial charge in [-0.05, 0) is 7.05 Å². The van der Waals surface area contributed by atoms with Crippen molar-refractivity contribution in [2.75, 3.05) is 39.0 Å². The number of hydrogen-bond donors (Lipinski definition) is 1. The molecule has 0 radical (unpaired) electrons. The highest BCUT2D eigenvalue weighted by Gasteiger charge is 2.20. The van der Waals surface area contributed by atoms with Crippen LogP contribution in [0, 0.1) is 0 Å². The van der Waals surface area contributed by atoms with Crippen LogP contribution in [0.4, 0.5) is 10.6 Å². The number of carbonyl (C=O) groups is 1. The van der Waals surface area contributed by atoms with Crippen LogP contribution in [0.1, 0.15) is 0 Å². The van der Waals surface area contributed by atoms with Gasteiger partial charge in [0.2, 0.25) is 0 Å². The van der Waals surface area contributed by atoms with Crippen LogP contribution in [0.2, 0.25) is 0 Å². The quantitative estimate of drug-likeness (QED) is 0.636. The molecule has 15 heavy (non-hydrogen) atoms. The van der Waals surface area contributed by atoms with Gasteiger partial charge in [0.05, 0.1) is 0 Å². The molecule has 1 aliphatic heterocycles. The summed E-state index contributed by atoms with van der Waals surface area (Å²) in [4.78, 5) is 15.9. The van der Waals surface area contributed by atoms with E-state index < -0.39 is 0 Å². The van der Waals surface area contributed by atoms with Gasteiger partial charge in [0.25, 0.3) is 0 Å². The number of nitrogens with two attached hydrogens (primary N) is 1. The largest absolute Gasteiger partial charge is 0.382 e. The van der Waals surface area contributed by atoms with E-state index in [1.54, 1.807) is 17.2 Å². The Labute approximate surface area is 88.2 Å². The second kappa shape index (κ2) is 3.90. The van der Waals surface area contributed by atoms with Crippen molar-refractivity contribution in [2.45, 2.75) is 0 Å². The van der Waals surface area contributed by atoms with Gasteiger partial charge in [-0.3, -0.25) is 0 Å². The van der Waals surface area contributed by atoms with Crippen molar-refractivity contribution < 1.29 is 4.79 Å². The lowest BCUT2D eigenvalue weighted by molar-refractivity contribution is 0.153. The summed E-state index contributed by atoms with van der Waals surface area (Å²) < 4.78 is 1.29. The number of anilines is 1. The molecule has 0 bridgehead atoms. The average Bonchev–Trinajstić information content (AvgIpc) is 2.65. The molecule has 1 fully saturated rings. The van der Waals surface area contributed by atoms with E-state index in [1.165, 1.54) is 4.68 Å². The molecule has 0 spiro atoms. The second-order valence-electron chi connectivity index (χ2n) is 3.76. The van der Waals surface area contributed by atoms with Crippen molar-refractivity contribution in [3.63, 3.8) is 0 Å². The number of amides is 1. The van der Waals surface area contributed by atoms with Gasteiger partial charge in [-0.15, -0.1) is 5.10 Å². The van der Waals surface area contributed by atoms with E-state index in [9.17, 15) is 4.79 Å². The third-order valence-corrected chi connectivity index (χ3v) is 2.58. The highest BCUT2D eigenvalue weighted by atomic mass is 16.2. The van der Waals surface area contributed by atoms with Gasteiger partial charge in [-0.25, -0.2) is 4.79 Å². The number of aromatic nitrogens is 2. The lowest BCUT2D eigenvalue weighted by atomic mass is 10.3. The van der Waals surface area contributed by atoms with Gasteiger partial charge in [0.15, 0.2) is 0 Å². The van der Waals surface area contributed by atoms with E-state index >= 15 is 0 Å². The van der Waals surface area contributed by atoms with E-state index in [-0.39, 0.29) is 6.03 Å². The van der Waals surface area contributed by atoms with Crippen LogP contribution in [0.25, 0.3) is 0 Å². The zero-order valence-corrected chi connectivity index (χ0v) is 8.76. The molecule has 0 unspecified atom stereocenters. The summed E-state index contributed by atoms with van der Waals surface area (Å²) in [5, 5.41) is 3.89. The van der Waals surface area contributed by atoms with Gasteiger partial charge in [0, 0.05) is 38.4 Å². The second-order valence-corrected chi connectivity index (χ2v) is 3.76. The zero-order chi connectivity index (χ0) is 10.8. The minimum absolute atomic E-state index is 0.0974. The number of nitrogen functional groups attached to an aromatic ring is 1. The van der Waals surface area contributed by atoms with E-state index in [0.717, 1.165) is 26.2 Å². The highest BCUT2D eigenvalue weighted by Crippen LogP contribution is 2.03. The fourth-order valence-electron chi connectivity index (χ4n) is 1.59. The minimum Gasteiger partial charge on any atom is -0.382 e. The predicted octanol–water partition coefficient (Wildman–Crippen LogP) is -0.319. The third-order valence-electron chi connectivity index (χ3n) is 2.58. The minimum atomic E-state index is -0.0974. The number of piperazine rings is 1. The number of nitrogens with zero attached hydrogens (tertiary/aromatic N) is 4. The summed E-state index contributed by atoms with van der Waals surface area (Å²) in [5.74, 6) is 0.373. The first-order valence-corrected chi connectivity index (χ1v) is 4.96. The standard InChI is InChI=1S/C9H15N5O/c1-12-4-6-13(7-5-12)9(15)14-3-2-8(10)11-14/h2-3H,4-7H2,1H3,(H2,10,11). The third kappa shape index (κ3) is 2.10. The van der Waals surface area contributed by atoms with E-state index in [4.69, 9.17) is 5.73 Å². The molecular weight excluding hydrogens is 194 g/mol. The van der Waals surface area contributed by atoms with Crippen LogP contribution in [-0.4, -0.2) is 58.8 Å². The van der Waals surface area contributed by atoms with Crippen LogP contribution >= 0.6 is 0 Å². The lowest BCUT2D eigenvalue weighted by Crippen LogP contribution is -2.48. The molecule has 6 nitrogen and oxygen atoms in total. The van der Waals surface area contributed by atoms with Crippen molar-refractivity contribution in [1.29, 1.82) is 0 Å². The molecule has 1 amide bonds. The molecule has 0 saturated carbocycles. The molecule has 1 aliphatic rings. The zero-order valence-electron chi connectivity index (χ0n) is 8.76. The van der Waals surface area contributed by atoms with Crippen LogP contribution < -0.4 is 5.73 Å². The van der Waals surface area contributed by atoms with Crippen LogP contribution in [0.5, 0.6) is 0 Å². The average molecular weight is 209 g/mol. The fraction of sp³-hybridized carbons (Fsp3) is 0.556. The van der Waals surface area contributed by atoms with E-state index in [1.807, 2.05) is 7.05 Å². The molecule has 1 aromatic heterocycles. The van der Waals surface area contributed by atoms with Crippen LogP contribution in [-0.2, 0) is 0 Å². The molecule has 0 aromatic carbocycles. The summed E-state index contributed by atoms with van der Waals surface area (Å²) in [5.41, 5.74) is 5.46. The van der Waals surface area contributed by atoms with Gasteiger partial charge in [-0.1, -0.05) is 0 Å². The van der Waals surface area contributed by atoms with Crippen molar-refractivity contribution in [3.8, 4) is 0 Å². The maximum absolute atomic E-state index is 11.9. The van der Waals surface area contributed by atoms with E-state index in [0.29, 0.717) is 5.82 Å². The Morgan fingerprint density at radius 2 is 2.07 bits per heavy atom. The SMILES string of the molecule is CN1CCN(C(=O)n2ccc(N)n2)CC1. The normalized spacial score (nSPS) is 18.1. The molecule has 1 saturated heterocycles. The van der Waals surface area contributed by atoms with Gasteiger partial charge in [-0.2, -0.15) is 4.68 Å². The number of rotatable bonds is 0. The first-order chi connectivity index (χ1) is 7.16. The first kappa shape index (κ1) is 9.97. The molecule has 2 heterocycles. The maximum atomic E-state index is 11.9. The van der Waals surface area contributed by atoms with Crippen LogP contribution in [0.15, 0.2) is 12.3 Å². The molecule has 0 aliphatic carbocycles. The number of carbonyl (C=O) groups excluding carboxylic acids is 1. The Morgan fingerprint density at radius 3 is 2.60 bits per heavy atom. The van der Waals surface area contributed by atoms with Gasteiger partial charge >= 0.3 is 6.03 Å². The van der Waals surface area contributed by atoms with Crippen molar-refractivity contribution in [3.05, 3.63) is 12.3 Å². The summed E-state index contributed by atoms with van der Waals surface area (Å²) in [6.45, 7) is 3.30. The monoisotopic (exact) mass is 209 g/mol. The predicted molar refractivity (Wildman–Crippen MR) is 56.5 cm³/mol. The summed E-state index contributed by atoms with van der Waals surface area (Å²) in [6.07, 6.45) is 1.59. The lowest BCUT2D eigenvalue weighted by Gasteiger charge is -2.31. The van der Waals surface area contributed by atoms with Crippen molar-refractivity contribution >= 4 is 11.8 Å². The highest BCUT2D eigenvalue weighted by molar-refractivity contribution is 5.76. The van der Waals surface area contributed by atoms with Crippen LogP contribution in [0.3, 0.4) is 0 Å². The number of likely N-dealkylation sites (N-methyl/N-ethyl adjacent to an activating group) is 1. The van der Waals surface area contributed by atoms with Gasteiger partial charge in [0.1, 0.15) is 5.82 Å². The molecule has 0 atom stereocenters. The molecule has 2 rings (SSSR count). The van der Waals surface area contributed by atoms with Gasteiger partial charge < -0.3 is 15.5 Å². The fourth-order valence-corrected chi connectivity index (χ4v) is 1.59. The molecule has 6 heteroatoms. The topological polar surface area (TPSA) is 67.4 Å². The molecule has 2 N–H and O–H groups in total. The molecule has 82 valence electrons. The van der Waals surface area contributed by atoms with Crippen molar-refractivity contribution in [2.24, 2.45) is 0 Å². The Bertz CT molecular complexity index is 353. The Kier molecular flexibility index (Phi) is 2.59. The Morgan fingerprint density at radius 1 is 1.40 bits per heavy atom. The molecular formula is C9H15N5O. The summed E-state index contributed by atoms with van der Waals surface area (Å²) >= 11 is 0. The Hall–Kier alpha value is -1.56. The first-order valence-electron chi connectivity index (χ1n) is 4.96.